The molecule has 0 saturated heterocycles. The highest BCUT2D eigenvalue weighted by atomic mass is 19.4. The Bertz CT molecular complexity index is 1280. The van der Waals surface area contributed by atoms with Crippen molar-refractivity contribution < 1.29 is 22.7 Å². The molecule has 1 unspecified atom stereocenters. The molecule has 3 aromatic heterocycles. The molecule has 0 bridgehead atoms. The van der Waals surface area contributed by atoms with Crippen molar-refractivity contribution in [3.8, 4) is 11.3 Å². The van der Waals surface area contributed by atoms with Crippen LogP contribution in [0.15, 0.2) is 54.9 Å². The van der Waals surface area contributed by atoms with Crippen LogP contribution in [0.25, 0.3) is 16.8 Å². The molecular formula is C24H25F4N5O. The first kappa shape index (κ1) is 23.9. The average Bonchev–Trinajstić information content (AvgIpc) is 3.41. The fraction of sp³-hybridized carbons (Fsp3) is 0.333. The Kier molecular flexibility index (Phi) is 6.46. The fourth-order valence-corrected chi connectivity index (χ4v) is 3.98. The lowest BCUT2D eigenvalue weighted by molar-refractivity contribution is -0.269. The number of benzene rings is 1. The summed E-state index contributed by atoms with van der Waals surface area (Å²) in [6, 6.07) is 12.1. The van der Waals surface area contributed by atoms with Crippen LogP contribution < -0.4 is 5.32 Å². The number of hydrogen-bond donors (Lipinski definition) is 2. The van der Waals surface area contributed by atoms with Crippen molar-refractivity contribution in [1.29, 1.82) is 0 Å². The standard InChI is InChI=1S/C24H25F4N5O/c1-3-23(34,24(26,27)28)21-15-32(31-30-21)14-16-9-10-33-20(11-16)12-18(13-29-4-2)22(33)17-5-7-19(25)8-6-17/h5-12,15,29,34H,3-4,13-14H2,1-2H3. The van der Waals surface area contributed by atoms with Gasteiger partial charge in [0.05, 0.1) is 18.4 Å². The minimum atomic E-state index is -4.85. The van der Waals surface area contributed by atoms with Gasteiger partial charge in [-0.2, -0.15) is 13.2 Å². The summed E-state index contributed by atoms with van der Waals surface area (Å²) < 4.78 is 56.7. The zero-order valence-corrected chi connectivity index (χ0v) is 18.8. The molecule has 2 N–H and O–H groups in total. The van der Waals surface area contributed by atoms with Crippen molar-refractivity contribution in [3.05, 3.63) is 77.5 Å². The normalized spacial score (nSPS) is 14.0. The summed E-state index contributed by atoms with van der Waals surface area (Å²) in [7, 11) is 0. The first-order valence-corrected chi connectivity index (χ1v) is 11.0. The molecule has 180 valence electrons. The van der Waals surface area contributed by atoms with Gasteiger partial charge in [0.15, 0.2) is 0 Å². The van der Waals surface area contributed by atoms with Crippen LogP contribution in [0.4, 0.5) is 17.6 Å². The summed E-state index contributed by atoms with van der Waals surface area (Å²) in [4.78, 5) is 0. The molecule has 0 aliphatic heterocycles. The van der Waals surface area contributed by atoms with Gasteiger partial charge in [0, 0.05) is 18.3 Å². The van der Waals surface area contributed by atoms with Crippen LogP contribution in [-0.4, -0.2) is 37.2 Å². The Balaban J connectivity index is 1.67. The van der Waals surface area contributed by atoms with Gasteiger partial charge < -0.3 is 14.8 Å². The summed E-state index contributed by atoms with van der Waals surface area (Å²) >= 11 is 0. The van der Waals surface area contributed by atoms with E-state index in [2.05, 4.69) is 15.6 Å². The molecule has 0 radical (unpaired) electrons. The summed E-state index contributed by atoms with van der Waals surface area (Å²) in [6.07, 6.45) is -2.42. The molecule has 1 aromatic carbocycles. The van der Waals surface area contributed by atoms with Crippen molar-refractivity contribution in [3.63, 3.8) is 0 Å². The third-order valence-corrected chi connectivity index (χ3v) is 5.89. The number of rotatable bonds is 8. The Morgan fingerprint density at radius 3 is 2.44 bits per heavy atom. The summed E-state index contributed by atoms with van der Waals surface area (Å²) in [5.74, 6) is -0.312. The zero-order valence-electron chi connectivity index (χ0n) is 18.8. The third-order valence-electron chi connectivity index (χ3n) is 5.89. The number of alkyl halides is 3. The van der Waals surface area contributed by atoms with Crippen molar-refractivity contribution in [2.75, 3.05) is 6.54 Å². The lowest BCUT2D eigenvalue weighted by Crippen LogP contribution is -2.42. The first-order chi connectivity index (χ1) is 16.2. The van der Waals surface area contributed by atoms with Crippen LogP contribution in [0.5, 0.6) is 0 Å². The zero-order chi connectivity index (χ0) is 24.5. The molecule has 10 heteroatoms. The molecular weight excluding hydrogens is 450 g/mol. The van der Waals surface area contributed by atoms with Crippen LogP contribution in [0.2, 0.25) is 0 Å². The molecule has 6 nitrogen and oxygen atoms in total. The van der Waals surface area contributed by atoms with Gasteiger partial charge in [-0.3, -0.25) is 0 Å². The van der Waals surface area contributed by atoms with Crippen LogP contribution >= 0.6 is 0 Å². The number of halogens is 4. The van der Waals surface area contributed by atoms with E-state index in [9.17, 15) is 22.7 Å². The molecule has 0 fully saturated rings. The van der Waals surface area contributed by atoms with Gasteiger partial charge in [-0.25, -0.2) is 9.07 Å². The summed E-state index contributed by atoms with van der Waals surface area (Å²) in [5.41, 5.74) is 0.948. The number of fused-ring (bicyclic) bond motifs is 1. The Morgan fingerprint density at radius 2 is 1.79 bits per heavy atom. The van der Waals surface area contributed by atoms with E-state index in [1.165, 1.54) is 23.7 Å². The molecule has 1 atom stereocenters. The highest BCUT2D eigenvalue weighted by Crippen LogP contribution is 2.40. The number of aliphatic hydroxyl groups is 1. The number of nitrogens with one attached hydrogen (secondary N) is 1. The lowest BCUT2D eigenvalue weighted by atomic mass is 9.96. The Morgan fingerprint density at radius 1 is 1.06 bits per heavy atom. The number of aromatic nitrogens is 4. The van der Waals surface area contributed by atoms with Crippen molar-refractivity contribution in [2.24, 2.45) is 0 Å². The maximum Gasteiger partial charge on any atom is 0.423 e. The van der Waals surface area contributed by atoms with Gasteiger partial charge in [-0.1, -0.05) is 19.1 Å². The van der Waals surface area contributed by atoms with E-state index in [1.54, 1.807) is 12.1 Å². The SMILES string of the molecule is CCNCc1cc2cc(Cn3cc(C(O)(CC)C(F)(F)F)nn3)ccn2c1-c1ccc(F)cc1. The smallest absolute Gasteiger partial charge is 0.375 e. The van der Waals surface area contributed by atoms with Crippen LogP contribution in [0.3, 0.4) is 0 Å². The minimum Gasteiger partial charge on any atom is -0.375 e. The van der Waals surface area contributed by atoms with Gasteiger partial charge in [0.2, 0.25) is 5.60 Å². The van der Waals surface area contributed by atoms with Crippen molar-refractivity contribution >= 4 is 5.52 Å². The van der Waals surface area contributed by atoms with Gasteiger partial charge in [0.1, 0.15) is 11.5 Å². The van der Waals surface area contributed by atoms with E-state index in [4.69, 9.17) is 0 Å². The second-order valence-corrected chi connectivity index (χ2v) is 8.15. The molecule has 0 spiro atoms. The highest BCUT2D eigenvalue weighted by Gasteiger charge is 2.55. The highest BCUT2D eigenvalue weighted by molar-refractivity contribution is 5.72. The minimum absolute atomic E-state index is 0.181. The molecule has 4 rings (SSSR count). The van der Waals surface area contributed by atoms with Crippen molar-refractivity contribution in [1.82, 2.24) is 24.7 Å². The van der Waals surface area contributed by atoms with Crippen LogP contribution in [-0.2, 0) is 18.7 Å². The van der Waals surface area contributed by atoms with Crippen LogP contribution in [0.1, 0.15) is 37.1 Å². The maximum absolute atomic E-state index is 13.5. The quantitative estimate of drug-likeness (QED) is 0.364. The summed E-state index contributed by atoms with van der Waals surface area (Å²) in [6.45, 7) is 4.85. The van der Waals surface area contributed by atoms with Gasteiger partial charge in [0.25, 0.3) is 0 Å². The van der Waals surface area contributed by atoms with Crippen molar-refractivity contribution in [2.45, 2.75) is 45.1 Å². The average molecular weight is 475 g/mol. The van der Waals surface area contributed by atoms with E-state index in [-0.39, 0.29) is 12.4 Å². The Labute approximate surface area is 193 Å². The largest absolute Gasteiger partial charge is 0.423 e. The van der Waals surface area contributed by atoms with E-state index in [0.29, 0.717) is 6.54 Å². The first-order valence-electron chi connectivity index (χ1n) is 11.0. The number of hydrogen-bond acceptors (Lipinski definition) is 4. The molecule has 3 heterocycles. The van der Waals surface area contributed by atoms with Gasteiger partial charge >= 0.3 is 6.18 Å². The molecule has 0 aliphatic carbocycles. The second kappa shape index (κ2) is 9.19. The molecule has 0 aliphatic rings. The fourth-order valence-electron chi connectivity index (χ4n) is 3.98. The second-order valence-electron chi connectivity index (χ2n) is 8.15. The van der Waals surface area contributed by atoms with Gasteiger partial charge in [-0.05, 0) is 72.1 Å². The molecule has 34 heavy (non-hydrogen) atoms. The van der Waals surface area contributed by atoms with Crippen LogP contribution in [0, 0.1) is 5.82 Å². The topological polar surface area (TPSA) is 67.4 Å². The molecule has 0 saturated carbocycles. The maximum atomic E-state index is 13.5. The predicted octanol–water partition coefficient (Wildman–Crippen LogP) is 4.65. The third kappa shape index (κ3) is 4.43. The predicted molar refractivity (Wildman–Crippen MR) is 120 cm³/mol. The Hall–Kier alpha value is -3.24. The van der Waals surface area contributed by atoms with E-state index < -0.39 is 23.9 Å². The monoisotopic (exact) mass is 475 g/mol. The van der Waals surface area contributed by atoms with E-state index in [0.717, 1.165) is 40.6 Å². The summed E-state index contributed by atoms with van der Waals surface area (Å²) in [5, 5.41) is 20.8. The van der Waals surface area contributed by atoms with E-state index >= 15 is 0 Å². The lowest BCUT2D eigenvalue weighted by Gasteiger charge is -2.26. The number of pyridine rings is 1. The molecule has 4 aromatic rings. The number of nitrogens with zero attached hydrogens (tertiary/aromatic N) is 4. The van der Waals surface area contributed by atoms with E-state index in [1.807, 2.05) is 35.7 Å². The molecule has 0 amide bonds. The van der Waals surface area contributed by atoms with Gasteiger partial charge in [-0.15, -0.1) is 5.10 Å².